The smallest absolute Gasteiger partial charge is 0.337 e. The summed E-state index contributed by atoms with van der Waals surface area (Å²) in [5.74, 6) is -0.783. The van der Waals surface area contributed by atoms with Gasteiger partial charge in [0, 0.05) is 35.1 Å². The van der Waals surface area contributed by atoms with Crippen LogP contribution in [-0.4, -0.2) is 43.2 Å². The second-order valence-electron chi connectivity index (χ2n) is 9.63. The zero-order valence-corrected chi connectivity index (χ0v) is 18.9. The number of benzene rings is 1. The molecule has 1 N–H and O–H groups in total. The summed E-state index contributed by atoms with van der Waals surface area (Å²) in [6, 6.07) is 6.64. The molecule has 1 aromatic heterocycles. The monoisotopic (exact) mass is 412 g/mol. The highest BCUT2D eigenvalue weighted by molar-refractivity contribution is 7.16. The minimum atomic E-state index is -0.783. The fraction of sp³-hybridized carbons (Fsp3) is 0.542. The van der Waals surface area contributed by atoms with Crippen molar-refractivity contribution in [3.05, 3.63) is 39.8 Å². The molecule has 1 fully saturated rings. The number of fused-ring (bicyclic) bond motifs is 1. The van der Waals surface area contributed by atoms with Crippen LogP contribution in [0.5, 0.6) is 0 Å². The number of rotatable bonds is 5. The predicted octanol–water partition coefficient (Wildman–Crippen LogP) is 5.29. The van der Waals surface area contributed by atoms with E-state index in [0.717, 1.165) is 54.9 Å². The van der Waals surface area contributed by atoms with Crippen molar-refractivity contribution in [2.75, 3.05) is 32.1 Å². The Morgan fingerprint density at radius 2 is 1.97 bits per heavy atom. The lowest BCUT2D eigenvalue weighted by Gasteiger charge is -2.29. The third-order valence-electron chi connectivity index (χ3n) is 6.28. The van der Waals surface area contributed by atoms with E-state index in [1.165, 1.54) is 29.0 Å². The molecule has 29 heavy (non-hydrogen) atoms. The number of nitrogens with zero attached hydrogens (tertiary/aromatic N) is 2. The van der Waals surface area contributed by atoms with Gasteiger partial charge in [0.2, 0.25) is 0 Å². The van der Waals surface area contributed by atoms with E-state index in [1.807, 2.05) is 0 Å². The first kappa shape index (κ1) is 20.4. The SMILES string of the molecule is CN(C)Cc1cc(N2CCCC2)ccc1-c1sc2c(c1C(=O)O)CC(C)(C)CC2. The summed E-state index contributed by atoms with van der Waals surface area (Å²) in [6.07, 6.45) is 5.47. The van der Waals surface area contributed by atoms with Crippen molar-refractivity contribution in [1.82, 2.24) is 4.90 Å². The third kappa shape index (κ3) is 4.08. The van der Waals surface area contributed by atoms with Gasteiger partial charge in [0.1, 0.15) is 0 Å². The second kappa shape index (κ2) is 7.77. The summed E-state index contributed by atoms with van der Waals surface area (Å²) in [5.41, 5.74) is 5.38. The standard InChI is InChI=1S/C24H32N2O2S/c1-24(2)10-9-20-19(14-24)21(23(27)28)22(29-20)18-8-7-17(26-11-5-6-12-26)13-16(18)15-25(3)4/h7-8,13H,5-6,9-12,14-15H2,1-4H3,(H,27,28). The number of carboxylic acids is 1. The van der Waals surface area contributed by atoms with Crippen LogP contribution in [0.25, 0.3) is 10.4 Å². The lowest BCUT2D eigenvalue weighted by molar-refractivity contribution is 0.0696. The van der Waals surface area contributed by atoms with Gasteiger partial charge in [-0.2, -0.15) is 0 Å². The molecule has 1 saturated heterocycles. The van der Waals surface area contributed by atoms with Gasteiger partial charge in [-0.25, -0.2) is 4.79 Å². The van der Waals surface area contributed by atoms with Crippen molar-refractivity contribution >= 4 is 23.0 Å². The van der Waals surface area contributed by atoms with E-state index in [1.54, 1.807) is 11.3 Å². The van der Waals surface area contributed by atoms with Gasteiger partial charge >= 0.3 is 5.97 Å². The van der Waals surface area contributed by atoms with Gasteiger partial charge < -0.3 is 14.9 Å². The second-order valence-corrected chi connectivity index (χ2v) is 10.7. The molecule has 4 rings (SSSR count). The van der Waals surface area contributed by atoms with E-state index in [0.29, 0.717) is 5.56 Å². The maximum absolute atomic E-state index is 12.3. The van der Waals surface area contributed by atoms with Crippen molar-refractivity contribution in [3.8, 4) is 10.4 Å². The number of aryl methyl sites for hydroxylation is 1. The fourth-order valence-corrected chi connectivity index (χ4v) is 6.15. The number of carbonyl (C=O) groups is 1. The van der Waals surface area contributed by atoms with Gasteiger partial charge in [0.25, 0.3) is 0 Å². The number of aromatic carboxylic acids is 1. The van der Waals surface area contributed by atoms with Crippen LogP contribution in [0, 0.1) is 5.41 Å². The molecule has 2 aromatic rings. The highest BCUT2D eigenvalue weighted by Gasteiger charge is 2.33. The Labute approximate surface area is 178 Å². The van der Waals surface area contributed by atoms with Crippen LogP contribution in [0.15, 0.2) is 18.2 Å². The zero-order valence-electron chi connectivity index (χ0n) is 18.0. The molecule has 0 spiro atoms. The molecule has 1 aliphatic carbocycles. The summed E-state index contributed by atoms with van der Waals surface area (Å²) < 4.78 is 0. The largest absolute Gasteiger partial charge is 0.478 e. The molecule has 5 heteroatoms. The Hall–Kier alpha value is -1.85. The topological polar surface area (TPSA) is 43.8 Å². The molecule has 2 aliphatic rings. The van der Waals surface area contributed by atoms with Crippen molar-refractivity contribution < 1.29 is 9.90 Å². The van der Waals surface area contributed by atoms with E-state index < -0.39 is 5.97 Å². The van der Waals surface area contributed by atoms with Crippen molar-refractivity contribution in [2.24, 2.45) is 5.41 Å². The van der Waals surface area contributed by atoms with Crippen LogP contribution in [0.4, 0.5) is 5.69 Å². The average Bonchev–Trinajstić information content (AvgIpc) is 3.27. The first-order valence-electron chi connectivity index (χ1n) is 10.7. The lowest BCUT2D eigenvalue weighted by Crippen LogP contribution is -2.22. The lowest BCUT2D eigenvalue weighted by atomic mass is 9.76. The molecular weight excluding hydrogens is 380 g/mol. The molecule has 2 heterocycles. The Balaban J connectivity index is 1.83. The van der Waals surface area contributed by atoms with Crippen LogP contribution < -0.4 is 4.90 Å². The number of thiophene rings is 1. The highest BCUT2D eigenvalue weighted by atomic mass is 32.1. The molecule has 0 amide bonds. The average molecular weight is 413 g/mol. The third-order valence-corrected chi connectivity index (χ3v) is 7.61. The Bertz CT molecular complexity index is 923. The van der Waals surface area contributed by atoms with Crippen LogP contribution in [0.1, 0.15) is 59.5 Å². The Kier molecular flexibility index (Phi) is 5.47. The summed E-state index contributed by atoms with van der Waals surface area (Å²) in [5, 5.41) is 10.1. The minimum absolute atomic E-state index is 0.168. The van der Waals surface area contributed by atoms with Gasteiger partial charge in [-0.15, -0.1) is 11.3 Å². The molecule has 0 atom stereocenters. The molecule has 1 aromatic carbocycles. The maximum Gasteiger partial charge on any atom is 0.337 e. The van der Waals surface area contributed by atoms with E-state index in [4.69, 9.17) is 0 Å². The summed E-state index contributed by atoms with van der Waals surface area (Å²) in [4.78, 5) is 19.2. The molecule has 0 bridgehead atoms. The summed E-state index contributed by atoms with van der Waals surface area (Å²) >= 11 is 1.71. The van der Waals surface area contributed by atoms with Crippen LogP contribution in [0.3, 0.4) is 0 Å². The van der Waals surface area contributed by atoms with Gasteiger partial charge in [-0.05, 0) is 80.4 Å². The number of anilines is 1. The number of hydrogen-bond acceptors (Lipinski definition) is 4. The van der Waals surface area contributed by atoms with Crippen molar-refractivity contribution in [1.29, 1.82) is 0 Å². The Morgan fingerprint density at radius 3 is 2.62 bits per heavy atom. The van der Waals surface area contributed by atoms with Gasteiger partial charge in [-0.1, -0.05) is 19.9 Å². The predicted molar refractivity (Wildman–Crippen MR) is 121 cm³/mol. The van der Waals surface area contributed by atoms with Crippen LogP contribution >= 0.6 is 11.3 Å². The molecular formula is C24H32N2O2S. The minimum Gasteiger partial charge on any atom is -0.478 e. The summed E-state index contributed by atoms with van der Waals surface area (Å²) in [7, 11) is 4.15. The number of hydrogen-bond donors (Lipinski definition) is 1. The van der Waals surface area contributed by atoms with E-state index in [2.05, 4.69) is 55.9 Å². The molecule has 1 aliphatic heterocycles. The van der Waals surface area contributed by atoms with E-state index >= 15 is 0 Å². The number of carboxylic acid groups (broad SMARTS) is 1. The highest BCUT2D eigenvalue weighted by Crippen LogP contribution is 2.46. The molecule has 156 valence electrons. The summed E-state index contributed by atoms with van der Waals surface area (Å²) in [6.45, 7) is 7.54. The van der Waals surface area contributed by atoms with Crippen LogP contribution in [0.2, 0.25) is 0 Å². The quantitative estimate of drug-likeness (QED) is 0.725. The van der Waals surface area contributed by atoms with Gasteiger partial charge in [0.15, 0.2) is 0 Å². The van der Waals surface area contributed by atoms with Crippen molar-refractivity contribution in [3.63, 3.8) is 0 Å². The zero-order chi connectivity index (χ0) is 20.8. The Morgan fingerprint density at radius 1 is 1.24 bits per heavy atom. The molecule has 0 radical (unpaired) electrons. The molecule has 0 unspecified atom stereocenters. The fourth-order valence-electron chi connectivity index (χ4n) is 4.78. The van der Waals surface area contributed by atoms with Crippen LogP contribution in [-0.2, 0) is 19.4 Å². The molecule has 0 saturated carbocycles. The van der Waals surface area contributed by atoms with E-state index in [-0.39, 0.29) is 5.41 Å². The maximum atomic E-state index is 12.3. The van der Waals surface area contributed by atoms with Crippen molar-refractivity contribution in [2.45, 2.75) is 52.5 Å². The first-order valence-corrected chi connectivity index (χ1v) is 11.5. The normalized spacial score (nSPS) is 18.3. The van der Waals surface area contributed by atoms with E-state index in [9.17, 15) is 9.90 Å². The van der Waals surface area contributed by atoms with Gasteiger partial charge in [0.05, 0.1) is 5.56 Å². The first-order chi connectivity index (χ1) is 13.7. The van der Waals surface area contributed by atoms with Gasteiger partial charge in [-0.3, -0.25) is 0 Å². The molecule has 4 nitrogen and oxygen atoms in total.